The molecule has 3 fully saturated rings. The fourth-order valence-corrected chi connectivity index (χ4v) is 10.8. The second-order valence-corrected chi connectivity index (χ2v) is 15.2. The van der Waals surface area contributed by atoms with Gasteiger partial charge >= 0.3 is 0 Å². The highest BCUT2D eigenvalue weighted by Crippen LogP contribution is 2.69. The van der Waals surface area contributed by atoms with Crippen LogP contribution in [0.25, 0.3) is 0 Å². The van der Waals surface area contributed by atoms with Gasteiger partial charge in [0.25, 0.3) is 5.91 Å². The average Bonchev–Trinajstić information content (AvgIpc) is 3.73. The summed E-state index contributed by atoms with van der Waals surface area (Å²) in [5.74, 6) is -1.49. The number of amides is 3. The second-order valence-electron chi connectivity index (χ2n) is 13.2. The van der Waals surface area contributed by atoms with E-state index in [1.54, 1.807) is 62.9 Å². The molecule has 3 amide bonds. The molecule has 8 nitrogen and oxygen atoms in total. The summed E-state index contributed by atoms with van der Waals surface area (Å²) in [4.78, 5) is 50.1. The van der Waals surface area contributed by atoms with E-state index < -0.39 is 28.7 Å². The van der Waals surface area contributed by atoms with Crippen LogP contribution in [0.5, 0.6) is 5.75 Å². The molecule has 0 radical (unpaired) electrons. The van der Waals surface area contributed by atoms with E-state index >= 15 is 9.59 Å². The van der Waals surface area contributed by atoms with Crippen LogP contribution in [0.2, 0.25) is 5.02 Å². The molecule has 3 aromatic rings. The van der Waals surface area contributed by atoms with E-state index in [2.05, 4.69) is 20.1 Å². The molecular formula is C40H44ClN3O5S. The van der Waals surface area contributed by atoms with Crippen molar-refractivity contribution in [3.63, 3.8) is 0 Å². The molecule has 262 valence electrons. The lowest BCUT2D eigenvalue weighted by atomic mass is 9.65. The number of likely N-dealkylation sites (tertiary alicyclic amines) is 1. The lowest BCUT2D eigenvalue weighted by Crippen LogP contribution is -2.59. The zero-order valence-electron chi connectivity index (χ0n) is 28.5. The van der Waals surface area contributed by atoms with Gasteiger partial charge in [-0.3, -0.25) is 14.4 Å². The minimum atomic E-state index is -0.933. The van der Waals surface area contributed by atoms with Crippen LogP contribution in [0.15, 0.2) is 104 Å². The first-order valence-electron chi connectivity index (χ1n) is 17.2. The molecule has 3 aliphatic heterocycles. The molecule has 3 aromatic carbocycles. The molecule has 3 aliphatic rings. The normalized spacial score (nSPS) is 25.6. The Balaban J connectivity index is 1.45. The van der Waals surface area contributed by atoms with Crippen molar-refractivity contribution in [2.24, 2.45) is 17.8 Å². The van der Waals surface area contributed by atoms with E-state index in [1.807, 2.05) is 61.5 Å². The zero-order chi connectivity index (χ0) is 35.6. The van der Waals surface area contributed by atoms with Gasteiger partial charge in [-0.2, -0.15) is 0 Å². The third-order valence-corrected chi connectivity index (χ3v) is 12.7. The fraction of sp³-hybridized carbons (Fsp3) is 0.375. The molecule has 10 heteroatoms. The number of thioether (sulfide) groups is 1. The van der Waals surface area contributed by atoms with E-state index in [-0.39, 0.29) is 48.6 Å². The summed E-state index contributed by atoms with van der Waals surface area (Å²) in [7, 11) is 0. The molecule has 7 atom stereocenters. The van der Waals surface area contributed by atoms with Crippen LogP contribution < -0.4 is 14.5 Å². The van der Waals surface area contributed by atoms with Crippen molar-refractivity contribution in [2.75, 3.05) is 36.1 Å². The number of anilines is 2. The highest BCUT2D eigenvalue weighted by molar-refractivity contribution is 8.02. The summed E-state index contributed by atoms with van der Waals surface area (Å²) in [5, 5.41) is 11.3. The number of carbonyl (C=O) groups excluding carboxylic acids is 3. The number of hydrogen-bond donors (Lipinski definition) is 1. The quantitative estimate of drug-likeness (QED) is 0.194. The molecule has 0 aromatic heterocycles. The number of carbonyl (C=O) groups is 3. The predicted molar refractivity (Wildman–Crippen MR) is 201 cm³/mol. The van der Waals surface area contributed by atoms with E-state index in [4.69, 9.17) is 16.3 Å². The van der Waals surface area contributed by atoms with E-state index in [9.17, 15) is 9.90 Å². The van der Waals surface area contributed by atoms with E-state index in [0.29, 0.717) is 41.6 Å². The first-order chi connectivity index (χ1) is 24.2. The molecule has 0 saturated carbocycles. The maximum atomic E-state index is 15.2. The van der Waals surface area contributed by atoms with Crippen molar-refractivity contribution in [2.45, 2.75) is 48.8 Å². The molecule has 1 spiro atoms. The SMILES string of the molecule is C=CCN(C(=O)C1N([C@@H](CO)Cc2ccccc2)C(=O)[C@@H]2[C@H](C(=O)N(CC=C)c3ccc(OCC)cc3)[C@@H]3CC(C)C12S3)c1ccc(Cl)cc1. The summed E-state index contributed by atoms with van der Waals surface area (Å²) >= 11 is 7.84. The Labute approximate surface area is 303 Å². The standard InChI is InChI=1S/C40H44ClN3O5S/c1-5-21-42(30-17-19-32(20-18-30)49-7-3)37(46)34-33-23-26(4)40(50-33)35(34)38(47)44(31(25-45)24-27-11-9-8-10-12-27)36(40)39(48)43(22-6-2)29-15-13-28(41)14-16-29/h5-6,8-20,26,31,33-36,45H,1-2,7,21-25H2,3-4H3/t26?,31-,33+,34-,35+,36?,40?/m1/s1. The van der Waals surface area contributed by atoms with Crippen LogP contribution in [0.3, 0.4) is 0 Å². The van der Waals surface area contributed by atoms with Gasteiger partial charge in [-0.15, -0.1) is 24.9 Å². The number of halogens is 1. The van der Waals surface area contributed by atoms with Crippen molar-refractivity contribution in [1.29, 1.82) is 0 Å². The van der Waals surface area contributed by atoms with E-state index in [0.717, 1.165) is 5.56 Å². The minimum absolute atomic E-state index is 0.0559. The van der Waals surface area contributed by atoms with Crippen molar-refractivity contribution in [3.8, 4) is 5.75 Å². The summed E-state index contributed by atoms with van der Waals surface area (Å²) < 4.78 is 4.74. The van der Waals surface area contributed by atoms with Gasteiger partial charge in [0, 0.05) is 34.7 Å². The van der Waals surface area contributed by atoms with Crippen molar-refractivity contribution < 1.29 is 24.2 Å². The first kappa shape index (κ1) is 35.8. The average molecular weight is 714 g/mol. The van der Waals surface area contributed by atoms with Crippen LogP contribution >= 0.6 is 23.4 Å². The third kappa shape index (κ3) is 6.24. The molecule has 0 aliphatic carbocycles. The molecule has 50 heavy (non-hydrogen) atoms. The molecule has 6 rings (SSSR count). The van der Waals surface area contributed by atoms with Crippen LogP contribution in [-0.2, 0) is 20.8 Å². The number of rotatable bonds is 14. The number of fused-ring (bicyclic) bond motifs is 1. The minimum Gasteiger partial charge on any atom is -0.494 e. The number of ether oxygens (including phenoxy) is 1. The maximum absolute atomic E-state index is 15.2. The Morgan fingerprint density at radius 2 is 1.60 bits per heavy atom. The Kier molecular flexibility index (Phi) is 10.8. The highest BCUT2D eigenvalue weighted by Gasteiger charge is 2.77. The molecular weight excluding hydrogens is 670 g/mol. The third-order valence-electron chi connectivity index (χ3n) is 10.4. The van der Waals surface area contributed by atoms with Gasteiger partial charge in [-0.1, -0.05) is 61.0 Å². The van der Waals surface area contributed by atoms with Crippen LogP contribution in [0.4, 0.5) is 11.4 Å². The largest absolute Gasteiger partial charge is 0.494 e. The van der Waals surface area contributed by atoms with Crippen LogP contribution in [0.1, 0.15) is 25.8 Å². The summed E-state index contributed by atoms with van der Waals surface area (Å²) in [5.41, 5.74) is 2.24. The fourth-order valence-electron chi connectivity index (χ4n) is 8.29. The van der Waals surface area contributed by atoms with Crippen LogP contribution in [-0.4, -0.2) is 76.1 Å². The molecule has 3 unspecified atom stereocenters. The Bertz CT molecular complexity index is 1720. The number of aliphatic hydroxyl groups excluding tert-OH is 1. The summed E-state index contributed by atoms with van der Waals surface area (Å²) in [6, 6.07) is 22.4. The van der Waals surface area contributed by atoms with Gasteiger partial charge in [0.1, 0.15) is 11.8 Å². The maximum Gasteiger partial charge on any atom is 0.251 e. The Morgan fingerprint density at radius 3 is 2.18 bits per heavy atom. The predicted octanol–water partition coefficient (Wildman–Crippen LogP) is 6.42. The van der Waals surface area contributed by atoms with Gasteiger partial charge in [0.15, 0.2) is 0 Å². The van der Waals surface area contributed by atoms with E-state index in [1.165, 1.54) is 0 Å². The number of hydrogen-bond acceptors (Lipinski definition) is 6. The van der Waals surface area contributed by atoms with Crippen molar-refractivity contribution in [3.05, 3.63) is 115 Å². The second kappa shape index (κ2) is 15.1. The van der Waals surface area contributed by atoms with Gasteiger partial charge in [-0.25, -0.2) is 0 Å². The lowest BCUT2D eigenvalue weighted by molar-refractivity contribution is -0.141. The first-order valence-corrected chi connectivity index (χ1v) is 18.4. The van der Waals surface area contributed by atoms with Gasteiger partial charge in [-0.05, 0) is 79.8 Å². The molecule has 2 bridgehead atoms. The zero-order valence-corrected chi connectivity index (χ0v) is 30.1. The number of aliphatic hydroxyl groups is 1. The summed E-state index contributed by atoms with van der Waals surface area (Å²) in [6.07, 6.45) is 4.38. The highest BCUT2D eigenvalue weighted by atomic mass is 35.5. The number of nitrogens with zero attached hydrogens (tertiary/aromatic N) is 3. The van der Waals surface area contributed by atoms with Gasteiger partial charge in [0.2, 0.25) is 11.8 Å². The molecule has 3 heterocycles. The Hall–Kier alpha value is -4.05. The van der Waals surface area contributed by atoms with Crippen LogP contribution in [0, 0.1) is 17.8 Å². The molecule has 3 saturated heterocycles. The summed E-state index contributed by atoms with van der Waals surface area (Å²) in [6.45, 7) is 12.5. The van der Waals surface area contributed by atoms with Crippen molar-refractivity contribution in [1.82, 2.24) is 4.90 Å². The number of benzene rings is 3. The smallest absolute Gasteiger partial charge is 0.251 e. The topological polar surface area (TPSA) is 90.4 Å². The lowest BCUT2D eigenvalue weighted by Gasteiger charge is -2.42. The van der Waals surface area contributed by atoms with Gasteiger partial charge in [0.05, 0.1) is 35.8 Å². The Morgan fingerprint density at radius 1 is 1.00 bits per heavy atom. The van der Waals surface area contributed by atoms with Crippen molar-refractivity contribution >= 4 is 52.5 Å². The molecule has 1 N–H and O–H groups in total. The van der Waals surface area contributed by atoms with Gasteiger partial charge < -0.3 is 24.5 Å². The monoisotopic (exact) mass is 713 g/mol.